The molecule has 0 unspecified atom stereocenters. The van der Waals surface area contributed by atoms with Gasteiger partial charge in [0.1, 0.15) is 0 Å². The molecule has 1 N–H and O–H groups in total. The summed E-state index contributed by atoms with van der Waals surface area (Å²) in [7, 11) is 0. The van der Waals surface area contributed by atoms with Gasteiger partial charge in [0.2, 0.25) is 0 Å². The minimum Gasteiger partial charge on any atom is -0.390 e. The van der Waals surface area contributed by atoms with E-state index in [-0.39, 0.29) is 12.2 Å². The van der Waals surface area contributed by atoms with Gasteiger partial charge in [-0.15, -0.1) is 0 Å². The van der Waals surface area contributed by atoms with Gasteiger partial charge in [-0.1, -0.05) is 17.2 Å². The molecule has 0 spiro atoms. The van der Waals surface area contributed by atoms with Crippen molar-refractivity contribution in [2.24, 2.45) is 5.92 Å². The lowest BCUT2D eigenvalue weighted by Crippen LogP contribution is -2.22. The van der Waals surface area contributed by atoms with Gasteiger partial charge in [0.25, 0.3) is 0 Å². The van der Waals surface area contributed by atoms with Crippen LogP contribution in [-0.2, 0) is 4.79 Å². The molecule has 1 aliphatic carbocycles. The Morgan fingerprint density at radius 3 is 2.71 bits per heavy atom. The summed E-state index contributed by atoms with van der Waals surface area (Å²) in [6, 6.07) is 0. The fraction of sp³-hybridized carbons (Fsp3) is 0.667. The van der Waals surface area contributed by atoms with Crippen molar-refractivity contribution in [1.82, 2.24) is 0 Å². The van der Waals surface area contributed by atoms with E-state index in [2.05, 4.69) is 13.0 Å². The third kappa shape index (κ3) is 5.31. The van der Waals surface area contributed by atoms with Gasteiger partial charge in [0.15, 0.2) is 5.78 Å². The lowest BCUT2D eigenvalue weighted by molar-refractivity contribution is -0.118. The predicted molar refractivity (Wildman–Crippen MR) is 70.8 cm³/mol. The number of carbonyl (C=O) groups excluding carboxylic acids is 1. The van der Waals surface area contributed by atoms with Crippen molar-refractivity contribution in [2.45, 2.75) is 59.0 Å². The molecule has 0 amide bonds. The molecule has 0 aromatic carbocycles. The van der Waals surface area contributed by atoms with E-state index in [0.717, 1.165) is 24.8 Å². The molecule has 0 radical (unpaired) electrons. The summed E-state index contributed by atoms with van der Waals surface area (Å²) in [5, 5.41) is 9.59. The van der Waals surface area contributed by atoms with Crippen LogP contribution in [0.5, 0.6) is 0 Å². The van der Waals surface area contributed by atoms with Crippen LogP contribution in [-0.4, -0.2) is 16.5 Å². The van der Waals surface area contributed by atoms with Crippen LogP contribution in [0.4, 0.5) is 0 Å². The molecule has 1 aliphatic rings. The lowest BCUT2D eigenvalue weighted by atomic mass is 9.84. The zero-order chi connectivity index (χ0) is 13.1. The normalized spacial score (nSPS) is 22.3. The molecule has 96 valence electrons. The Balaban J connectivity index is 2.58. The average Bonchev–Trinajstić information content (AvgIpc) is 2.15. The van der Waals surface area contributed by atoms with E-state index < -0.39 is 5.60 Å². The summed E-state index contributed by atoms with van der Waals surface area (Å²) in [5.41, 5.74) is 1.71. The van der Waals surface area contributed by atoms with Gasteiger partial charge in [-0.05, 0) is 59.0 Å². The third-order valence-electron chi connectivity index (χ3n) is 3.28. The molecular weight excluding hydrogens is 212 g/mol. The Labute approximate surface area is 104 Å². The van der Waals surface area contributed by atoms with Crippen molar-refractivity contribution >= 4 is 5.78 Å². The summed E-state index contributed by atoms with van der Waals surface area (Å²) < 4.78 is 0. The first-order valence-corrected chi connectivity index (χ1v) is 6.37. The van der Waals surface area contributed by atoms with Crippen LogP contribution in [0, 0.1) is 5.92 Å². The second kappa shape index (κ2) is 5.63. The van der Waals surface area contributed by atoms with Gasteiger partial charge in [0.05, 0.1) is 5.60 Å². The fourth-order valence-corrected chi connectivity index (χ4v) is 2.23. The summed E-state index contributed by atoms with van der Waals surface area (Å²) in [5.74, 6) is 0.533. The van der Waals surface area contributed by atoms with E-state index in [1.165, 1.54) is 5.57 Å². The molecule has 1 rings (SSSR count). The fourth-order valence-electron chi connectivity index (χ4n) is 2.23. The van der Waals surface area contributed by atoms with Crippen LogP contribution in [0.1, 0.15) is 53.4 Å². The van der Waals surface area contributed by atoms with Crippen LogP contribution in [0.3, 0.4) is 0 Å². The number of ketones is 1. The predicted octanol–water partition coefficient (Wildman–Crippen LogP) is 3.41. The van der Waals surface area contributed by atoms with Crippen molar-refractivity contribution in [3.8, 4) is 0 Å². The Hall–Kier alpha value is -0.890. The number of hydrogen-bond acceptors (Lipinski definition) is 2. The van der Waals surface area contributed by atoms with Crippen molar-refractivity contribution in [3.63, 3.8) is 0 Å². The van der Waals surface area contributed by atoms with Crippen molar-refractivity contribution in [1.29, 1.82) is 0 Å². The number of aliphatic hydroxyl groups is 1. The van der Waals surface area contributed by atoms with E-state index >= 15 is 0 Å². The van der Waals surface area contributed by atoms with Crippen LogP contribution >= 0.6 is 0 Å². The molecule has 0 fully saturated rings. The van der Waals surface area contributed by atoms with Crippen LogP contribution in [0.25, 0.3) is 0 Å². The summed E-state index contributed by atoms with van der Waals surface area (Å²) in [6.07, 6.45) is 7.51. The highest BCUT2D eigenvalue weighted by Gasteiger charge is 2.19. The molecule has 1 atom stereocenters. The minimum absolute atomic E-state index is 0.0290. The average molecular weight is 236 g/mol. The number of rotatable bonds is 4. The highest BCUT2D eigenvalue weighted by atomic mass is 16.3. The lowest BCUT2D eigenvalue weighted by Gasteiger charge is -2.21. The molecule has 2 heteroatoms. The first-order chi connectivity index (χ1) is 7.78. The minimum atomic E-state index is -0.906. The zero-order valence-electron chi connectivity index (χ0n) is 11.4. The van der Waals surface area contributed by atoms with Gasteiger partial charge in [-0.3, -0.25) is 4.79 Å². The van der Waals surface area contributed by atoms with E-state index in [0.29, 0.717) is 5.92 Å². The van der Waals surface area contributed by atoms with Gasteiger partial charge in [0, 0.05) is 6.42 Å². The van der Waals surface area contributed by atoms with Crippen molar-refractivity contribution in [3.05, 3.63) is 23.3 Å². The largest absolute Gasteiger partial charge is 0.390 e. The van der Waals surface area contributed by atoms with Gasteiger partial charge < -0.3 is 5.11 Å². The number of hydrogen-bond donors (Lipinski definition) is 1. The first kappa shape index (κ1) is 14.2. The molecule has 0 aromatic rings. The Morgan fingerprint density at radius 2 is 2.24 bits per heavy atom. The topological polar surface area (TPSA) is 37.3 Å². The Bertz CT molecular complexity index is 342. The molecule has 17 heavy (non-hydrogen) atoms. The summed E-state index contributed by atoms with van der Waals surface area (Å²) >= 11 is 0. The van der Waals surface area contributed by atoms with Crippen molar-refractivity contribution in [2.75, 3.05) is 0 Å². The zero-order valence-corrected chi connectivity index (χ0v) is 11.4. The van der Waals surface area contributed by atoms with E-state index in [1.807, 2.05) is 6.92 Å². The van der Waals surface area contributed by atoms with Gasteiger partial charge in [-0.25, -0.2) is 0 Å². The van der Waals surface area contributed by atoms with Gasteiger partial charge >= 0.3 is 0 Å². The van der Waals surface area contributed by atoms with E-state index in [4.69, 9.17) is 0 Å². The summed E-state index contributed by atoms with van der Waals surface area (Å²) in [4.78, 5) is 11.7. The Morgan fingerprint density at radius 1 is 1.59 bits per heavy atom. The van der Waals surface area contributed by atoms with E-state index in [1.54, 1.807) is 19.9 Å². The molecule has 0 aromatic heterocycles. The first-order valence-electron chi connectivity index (χ1n) is 6.37. The monoisotopic (exact) mass is 236 g/mol. The Kier molecular flexibility index (Phi) is 4.70. The molecule has 0 saturated carbocycles. The second-order valence-electron chi connectivity index (χ2n) is 5.87. The smallest absolute Gasteiger partial charge is 0.158 e. The van der Waals surface area contributed by atoms with Gasteiger partial charge in [-0.2, -0.15) is 0 Å². The maximum Gasteiger partial charge on any atom is 0.158 e. The third-order valence-corrected chi connectivity index (χ3v) is 3.28. The number of carbonyl (C=O) groups is 1. The summed E-state index contributed by atoms with van der Waals surface area (Å²) in [6.45, 7) is 7.53. The standard InChI is InChI=1S/C15H24O2/c1-11-5-7-13(8-6-11)12(2)9-14(16)10-15(3,4)17/h5,9,13,17H,6-8,10H2,1-4H3/b12-9+/t13-/m1/s1. The highest BCUT2D eigenvalue weighted by Crippen LogP contribution is 2.28. The quantitative estimate of drug-likeness (QED) is 0.600. The van der Waals surface area contributed by atoms with Crippen LogP contribution in [0.15, 0.2) is 23.3 Å². The molecule has 0 bridgehead atoms. The number of allylic oxidation sites excluding steroid dienone is 4. The maximum atomic E-state index is 11.7. The molecule has 0 aliphatic heterocycles. The second-order valence-corrected chi connectivity index (χ2v) is 5.87. The maximum absolute atomic E-state index is 11.7. The molecule has 0 saturated heterocycles. The highest BCUT2D eigenvalue weighted by molar-refractivity contribution is 5.91. The molecule has 0 heterocycles. The van der Waals surface area contributed by atoms with Crippen LogP contribution in [0.2, 0.25) is 0 Å². The molecule has 2 nitrogen and oxygen atoms in total. The van der Waals surface area contributed by atoms with Crippen LogP contribution < -0.4 is 0 Å². The molecular formula is C15H24O2. The van der Waals surface area contributed by atoms with Crippen molar-refractivity contribution < 1.29 is 9.90 Å². The van der Waals surface area contributed by atoms with E-state index in [9.17, 15) is 9.90 Å². The SMILES string of the molecule is CC1=CC[C@@H](/C(C)=C/C(=O)CC(C)(C)O)CC1.